The Morgan fingerprint density at radius 3 is 2.09 bits per heavy atom. The largest absolute Gasteiger partial charge is 0.450 e. The first-order chi connectivity index (χ1) is 15.6. The summed E-state index contributed by atoms with van der Waals surface area (Å²) < 4.78 is 5.11. The number of hydrogen-bond donors (Lipinski definition) is 2. The second-order valence-electron chi connectivity index (χ2n) is 9.41. The van der Waals surface area contributed by atoms with Gasteiger partial charge in [0.25, 0.3) is 0 Å². The van der Waals surface area contributed by atoms with Gasteiger partial charge in [0.2, 0.25) is 5.91 Å². The molecule has 3 fully saturated rings. The third-order valence-corrected chi connectivity index (χ3v) is 7.21. The van der Waals surface area contributed by atoms with E-state index in [0.29, 0.717) is 18.7 Å². The number of likely N-dealkylation sites (tertiary alicyclic amines) is 1. The van der Waals surface area contributed by atoms with Gasteiger partial charge < -0.3 is 25.2 Å². The SMILES string of the molecule is CCOC(=O)N1CCC(NC2CCN(c3ccc(NC(=O)C4CCCC4)cc3)CC2)CC1. The molecule has 7 heteroatoms. The highest BCUT2D eigenvalue weighted by atomic mass is 16.6. The summed E-state index contributed by atoms with van der Waals surface area (Å²) in [6.45, 7) is 5.91. The third-order valence-electron chi connectivity index (χ3n) is 7.21. The maximum absolute atomic E-state index is 12.3. The molecule has 2 amide bonds. The van der Waals surface area contributed by atoms with E-state index in [9.17, 15) is 9.59 Å². The Kier molecular flexibility index (Phi) is 7.90. The van der Waals surface area contributed by atoms with Crippen LogP contribution >= 0.6 is 0 Å². The zero-order valence-electron chi connectivity index (χ0n) is 19.4. The fourth-order valence-corrected chi connectivity index (χ4v) is 5.27. The number of benzene rings is 1. The van der Waals surface area contributed by atoms with E-state index in [1.54, 1.807) is 0 Å². The van der Waals surface area contributed by atoms with Crippen molar-refractivity contribution in [3.63, 3.8) is 0 Å². The Morgan fingerprint density at radius 1 is 0.906 bits per heavy atom. The molecular weight excluding hydrogens is 404 g/mol. The van der Waals surface area contributed by atoms with Crippen molar-refractivity contribution in [1.29, 1.82) is 0 Å². The Balaban J connectivity index is 1.18. The van der Waals surface area contributed by atoms with Gasteiger partial charge >= 0.3 is 6.09 Å². The van der Waals surface area contributed by atoms with Crippen molar-refractivity contribution in [2.45, 2.75) is 70.4 Å². The highest BCUT2D eigenvalue weighted by Crippen LogP contribution is 2.27. The first-order valence-electron chi connectivity index (χ1n) is 12.5. The predicted molar refractivity (Wildman–Crippen MR) is 127 cm³/mol. The molecule has 0 spiro atoms. The standard InChI is InChI=1S/C25H38N4O3/c1-2-32-25(31)29-17-13-22(14-18-29)26-21-11-15-28(16-12-21)23-9-7-20(8-10-23)27-24(30)19-5-3-4-6-19/h7-10,19,21-22,26H,2-6,11-18H2,1H3,(H,27,30). The van der Waals surface area contributed by atoms with E-state index in [4.69, 9.17) is 4.74 Å². The van der Waals surface area contributed by atoms with Gasteiger partial charge in [0.15, 0.2) is 0 Å². The summed E-state index contributed by atoms with van der Waals surface area (Å²) in [6.07, 6.45) is 8.46. The molecule has 32 heavy (non-hydrogen) atoms. The van der Waals surface area contributed by atoms with Crippen molar-refractivity contribution in [3.8, 4) is 0 Å². The third kappa shape index (κ3) is 5.94. The van der Waals surface area contributed by atoms with E-state index >= 15 is 0 Å². The first kappa shape index (κ1) is 22.9. The zero-order chi connectivity index (χ0) is 22.3. The number of rotatable bonds is 6. The van der Waals surface area contributed by atoms with Crippen molar-refractivity contribution in [1.82, 2.24) is 10.2 Å². The lowest BCUT2D eigenvalue weighted by molar-refractivity contribution is -0.119. The maximum Gasteiger partial charge on any atom is 0.409 e. The van der Waals surface area contributed by atoms with Crippen LogP contribution in [0.3, 0.4) is 0 Å². The van der Waals surface area contributed by atoms with Crippen LogP contribution in [0, 0.1) is 5.92 Å². The Hall–Kier alpha value is -2.28. The lowest BCUT2D eigenvalue weighted by atomic mass is 9.99. The Labute approximate surface area is 191 Å². The fraction of sp³-hybridized carbons (Fsp3) is 0.680. The highest BCUT2D eigenvalue weighted by molar-refractivity contribution is 5.92. The van der Waals surface area contributed by atoms with Crippen molar-refractivity contribution in [2.75, 3.05) is 43.0 Å². The molecule has 2 saturated heterocycles. The fourth-order valence-electron chi connectivity index (χ4n) is 5.27. The van der Waals surface area contributed by atoms with Gasteiger partial charge in [-0.25, -0.2) is 4.79 Å². The number of piperidine rings is 2. The van der Waals surface area contributed by atoms with Crippen molar-refractivity contribution < 1.29 is 14.3 Å². The van der Waals surface area contributed by atoms with Gasteiger partial charge in [-0.1, -0.05) is 12.8 Å². The number of carbonyl (C=O) groups is 2. The predicted octanol–water partition coefficient (Wildman–Crippen LogP) is 3.99. The molecule has 176 valence electrons. The van der Waals surface area contributed by atoms with E-state index in [0.717, 1.165) is 70.4 Å². The minimum absolute atomic E-state index is 0.176. The molecule has 3 aliphatic rings. The van der Waals surface area contributed by atoms with Crippen LogP contribution in [0.5, 0.6) is 0 Å². The number of nitrogens with one attached hydrogen (secondary N) is 2. The maximum atomic E-state index is 12.3. The van der Waals surface area contributed by atoms with E-state index in [-0.39, 0.29) is 17.9 Å². The summed E-state index contributed by atoms with van der Waals surface area (Å²) >= 11 is 0. The Morgan fingerprint density at radius 2 is 1.50 bits per heavy atom. The highest BCUT2D eigenvalue weighted by Gasteiger charge is 2.27. The van der Waals surface area contributed by atoms with E-state index in [2.05, 4.69) is 27.7 Å². The average molecular weight is 443 g/mol. The van der Waals surface area contributed by atoms with E-state index in [1.807, 2.05) is 24.0 Å². The summed E-state index contributed by atoms with van der Waals surface area (Å²) in [5.74, 6) is 0.369. The number of nitrogens with zero attached hydrogens (tertiary/aromatic N) is 2. The molecule has 1 aromatic rings. The van der Waals surface area contributed by atoms with Gasteiger partial charge in [0.1, 0.15) is 0 Å². The van der Waals surface area contributed by atoms with E-state index in [1.165, 1.54) is 18.5 Å². The van der Waals surface area contributed by atoms with Crippen LogP contribution < -0.4 is 15.5 Å². The van der Waals surface area contributed by atoms with E-state index < -0.39 is 0 Å². The molecular formula is C25H38N4O3. The van der Waals surface area contributed by atoms with Crippen molar-refractivity contribution >= 4 is 23.4 Å². The van der Waals surface area contributed by atoms with Gasteiger partial charge in [-0.2, -0.15) is 0 Å². The van der Waals surface area contributed by atoms with Crippen LogP contribution in [-0.4, -0.2) is 61.8 Å². The molecule has 0 aromatic heterocycles. The quantitative estimate of drug-likeness (QED) is 0.697. The van der Waals surface area contributed by atoms with Gasteiger partial charge in [0, 0.05) is 55.6 Å². The summed E-state index contributed by atoms with van der Waals surface area (Å²) in [4.78, 5) is 28.4. The summed E-state index contributed by atoms with van der Waals surface area (Å²) in [6, 6.07) is 9.34. The molecule has 1 aliphatic carbocycles. The molecule has 0 atom stereocenters. The normalized spacial score (nSPS) is 21.0. The minimum Gasteiger partial charge on any atom is -0.450 e. The van der Waals surface area contributed by atoms with Gasteiger partial charge in [-0.05, 0) is 69.7 Å². The van der Waals surface area contributed by atoms with Crippen LogP contribution in [0.25, 0.3) is 0 Å². The molecule has 1 aromatic carbocycles. The topological polar surface area (TPSA) is 73.9 Å². The number of anilines is 2. The van der Waals surface area contributed by atoms with Crippen molar-refractivity contribution in [2.24, 2.45) is 5.92 Å². The van der Waals surface area contributed by atoms with Crippen LogP contribution in [0.2, 0.25) is 0 Å². The lowest BCUT2D eigenvalue weighted by Crippen LogP contribution is -2.50. The molecule has 1 saturated carbocycles. The van der Waals surface area contributed by atoms with Crippen LogP contribution in [0.15, 0.2) is 24.3 Å². The zero-order valence-corrected chi connectivity index (χ0v) is 19.4. The Bertz CT molecular complexity index is 747. The average Bonchev–Trinajstić information content (AvgIpc) is 3.36. The van der Waals surface area contributed by atoms with Gasteiger partial charge in [-0.15, -0.1) is 0 Å². The monoisotopic (exact) mass is 442 g/mol. The first-order valence-corrected chi connectivity index (χ1v) is 12.5. The lowest BCUT2D eigenvalue weighted by Gasteiger charge is -2.38. The molecule has 2 heterocycles. The van der Waals surface area contributed by atoms with Crippen LogP contribution in [0.1, 0.15) is 58.3 Å². The number of carbonyl (C=O) groups excluding carboxylic acids is 2. The molecule has 2 N–H and O–H groups in total. The summed E-state index contributed by atoms with van der Waals surface area (Å²) in [7, 11) is 0. The van der Waals surface area contributed by atoms with Gasteiger partial charge in [-0.3, -0.25) is 4.79 Å². The second-order valence-corrected chi connectivity index (χ2v) is 9.41. The van der Waals surface area contributed by atoms with Crippen LogP contribution in [0.4, 0.5) is 16.2 Å². The molecule has 4 rings (SSSR count). The summed E-state index contributed by atoms with van der Waals surface area (Å²) in [5, 5.41) is 6.91. The second kappa shape index (κ2) is 11.0. The molecule has 0 unspecified atom stereocenters. The number of ether oxygens (including phenoxy) is 1. The smallest absolute Gasteiger partial charge is 0.409 e. The summed E-state index contributed by atoms with van der Waals surface area (Å²) in [5.41, 5.74) is 2.13. The molecule has 7 nitrogen and oxygen atoms in total. The number of amides is 2. The molecule has 2 aliphatic heterocycles. The molecule has 0 bridgehead atoms. The van der Waals surface area contributed by atoms with Crippen LogP contribution in [-0.2, 0) is 9.53 Å². The van der Waals surface area contributed by atoms with Gasteiger partial charge in [0.05, 0.1) is 6.61 Å². The number of hydrogen-bond acceptors (Lipinski definition) is 5. The molecule has 0 radical (unpaired) electrons. The minimum atomic E-state index is -0.177. The van der Waals surface area contributed by atoms with Crippen molar-refractivity contribution in [3.05, 3.63) is 24.3 Å².